The molecule has 0 aliphatic heterocycles. The lowest BCUT2D eigenvalue weighted by atomic mass is 9.88. The highest BCUT2D eigenvalue weighted by molar-refractivity contribution is 5.37. The van der Waals surface area contributed by atoms with Gasteiger partial charge in [-0.05, 0) is 55.5 Å². The molecule has 0 aliphatic carbocycles. The van der Waals surface area contributed by atoms with Crippen LogP contribution < -0.4 is 10.1 Å². The van der Waals surface area contributed by atoms with E-state index in [4.69, 9.17) is 4.74 Å². The van der Waals surface area contributed by atoms with Crippen molar-refractivity contribution in [1.29, 1.82) is 0 Å². The van der Waals surface area contributed by atoms with Crippen LogP contribution in [-0.4, -0.2) is 20.7 Å². The van der Waals surface area contributed by atoms with Gasteiger partial charge in [-0.25, -0.2) is 0 Å². The summed E-state index contributed by atoms with van der Waals surface area (Å²) in [5.41, 5.74) is 2.73. The number of nitrogens with one attached hydrogen (secondary N) is 1. The molecule has 0 aromatic heterocycles. The third-order valence-electron chi connectivity index (χ3n) is 3.63. The average Bonchev–Trinajstić information content (AvgIpc) is 2.37. The molecule has 18 heavy (non-hydrogen) atoms. The van der Waals surface area contributed by atoms with E-state index in [-0.39, 0.29) is 0 Å². The van der Waals surface area contributed by atoms with Crippen molar-refractivity contribution in [3.8, 4) is 5.75 Å². The summed E-state index contributed by atoms with van der Waals surface area (Å²) in [6.07, 6.45) is 2.16. The van der Waals surface area contributed by atoms with Gasteiger partial charge in [0, 0.05) is 0 Å². The van der Waals surface area contributed by atoms with E-state index in [2.05, 4.69) is 44.3 Å². The Hall–Kier alpha value is -1.02. The molecule has 0 fully saturated rings. The molecule has 1 rings (SSSR count). The summed E-state index contributed by atoms with van der Waals surface area (Å²) in [6, 6.07) is 6.60. The fraction of sp³-hybridized carbons (Fsp3) is 0.625. The molecule has 0 radical (unpaired) electrons. The van der Waals surface area contributed by atoms with Crippen LogP contribution in [0.5, 0.6) is 5.75 Å². The first-order valence-corrected chi connectivity index (χ1v) is 6.92. The number of ether oxygens (including phenoxy) is 1. The largest absolute Gasteiger partial charge is 0.496 e. The van der Waals surface area contributed by atoms with Crippen LogP contribution in [0.2, 0.25) is 0 Å². The topological polar surface area (TPSA) is 21.3 Å². The zero-order valence-corrected chi connectivity index (χ0v) is 12.4. The molecular formula is C16H27NO. The number of hydrogen-bond donors (Lipinski definition) is 1. The number of benzene rings is 1. The molecular weight excluding hydrogens is 222 g/mol. The molecule has 0 bridgehead atoms. The minimum Gasteiger partial charge on any atom is -0.496 e. The van der Waals surface area contributed by atoms with Gasteiger partial charge in [0.2, 0.25) is 0 Å². The monoisotopic (exact) mass is 249 g/mol. The number of hydrogen-bond acceptors (Lipinski definition) is 2. The summed E-state index contributed by atoms with van der Waals surface area (Å²) >= 11 is 0. The summed E-state index contributed by atoms with van der Waals surface area (Å²) in [7, 11) is 3.77. The number of methoxy groups -OCH3 is 1. The maximum atomic E-state index is 5.38. The molecule has 1 unspecified atom stereocenters. The van der Waals surface area contributed by atoms with Crippen molar-refractivity contribution in [3.05, 3.63) is 29.3 Å². The second-order valence-corrected chi connectivity index (χ2v) is 5.27. The number of aryl methyl sites for hydroxylation is 1. The van der Waals surface area contributed by atoms with Crippen LogP contribution in [0.4, 0.5) is 0 Å². The van der Waals surface area contributed by atoms with Crippen molar-refractivity contribution in [1.82, 2.24) is 5.32 Å². The van der Waals surface area contributed by atoms with Crippen LogP contribution in [0.25, 0.3) is 0 Å². The lowest BCUT2D eigenvalue weighted by molar-refractivity contribution is 0.370. The summed E-state index contributed by atoms with van der Waals surface area (Å²) in [5.74, 6) is 2.40. The highest BCUT2D eigenvalue weighted by atomic mass is 16.5. The SMILES string of the molecule is CCc1cc(CC(CNC)C(C)C)ccc1OC. The summed E-state index contributed by atoms with van der Waals surface area (Å²) < 4.78 is 5.38. The molecule has 1 aromatic carbocycles. The fourth-order valence-electron chi connectivity index (χ4n) is 2.34. The van der Waals surface area contributed by atoms with Crippen LogP contribution in [-0.2, 0) is 12.8 Å². The van der Waals surface area contributed by atoms with Crippen molar-refractivity contribution in [3.63, 3.8) is 0 Å². The van der Waals surface area contributed by atoms with Gasteiger partial charge in [-0.15, -0.1) is 0 Å². The molecule has 1 N–H and O–H groups in total. The molecule has 1 aromatic rings. The Labute approximate surface area is 112 Å². The smallest absolute Gasteiger partial charge is 0.122 e. The van der Waals surface area contributed by atoms with E-state index in [1.807, 2.05) is 7.05 Å². The zero-order valence-electron chi connectivity index (χ0n) is 12.4. The van der Waals surface area contributed by atoms with Gasteiger partial charge in [0.1, 0.15) is 5.75 Å². The lowest BCUT2D eigenvalue weighted by Crippen LogP contribution is -2.25. The zero-order chi connectivity index (χ0) is 13.5. The van der Waals surface area contributed by atoms with E-state index in [0.29, 0.717) is 11.8 Å². The predicted octanol–water partition coefficient (Wildman–Crippen LogP) is 3.29. The normalized spacial score (nSPS) is 12.8. The van der Waals surface area contributed by atoms with E-state index in [1.165, 1.54) is 11.1 Å². The van der Waals surface area contributed by atoms with Gasteiger partial charge in [-0.2, -0.15) is 0 Å². The average molecular weight is 249 g/mol. The Morgan fingerprint density at radius 3 is 2.50 bits per heavy atom. The van der Waals surface area contributed by atoms with Gasteiger partial charge in [-0.3, -0.25) is 0 Å². The van der Waals surface area contributed by atoms with E-state index < -0.39 is 0 Å². The van der Waals surface area contributed by atoms with Crippen molar-refractivity contribution in [2.45, 2.75) is 33.6 Å². The van der Waals surface area contributed by atoms with Crippen molar-refractivity contribution < 1.29 is 4.74 Å². The Morgan fingerprint density at radius 1 is 1.28 bits per heavy atom. The maximum Gasteiger partial charge on any atom is 0.122 e. The molecule has 2 heteroatoms. The third kappa shape index (κ3) is 4.02. The van der Waals surface area contributed by atoms with Gasteiger partial charge in [0.15, 0.2) is 0 Å². The van der Waals surface area contributed by atoms with Crippen LogP contribution in [0.1, 0.15) is 31.9 Å². The molecule has 0 heterocycles. The van der Waals surface area contributed by atoms with Crippen LogP contribution in [0.3, 0.4) is 0 Å². The Balaban J connectivity index is 2.83. The molecule has 0 spiro atoms. The van der Waals surface area contributed by atoms with Crippen molar-refractivity contribution in [2.75, 3.05) is 20.7 Å². The minimum absolute atomic E-state index is 0.688. The van der Waals surface area contributed by atoms with Crippen molar-refractivity contribution in [2.24, 2.45) is 11.8 Å². The lowest BCUT2D eigenvalue weighted by Gasteiger charge is -2.21. The Kier molecular flexibility index (Phi) is 6.20. The summed E-state index contributed by atoms with van der Waals surface area (Å²) in [6.45, 7) is 7.85. The Morgan fingerprint density at radius 2 is 2.00 bits per heavy atom. The second-order valence-electron chi connectivity index (χ2n) is 5.27. The van der Waals surface area contributed by atoms with Gasteiger partial charge < -0.3 is 10.1 Å². The predicted molar refractivity (Wildman–Crippen MR) is 78.3 cm³/mol. The third-order valence-corrected chi connectivity index (χ3v) is 3.63. The second kappa shape index (κ2) is 7.42. The maximum absolute atomic E-state index is 5.38. The van der Waals surface area contributed by atoms with Gasteiger partial charge in [0.25, 0.3) is 0 Å². The first-order chi connectivity index (χ1) is 8.62. The highest BCUT2D eigenvalue weighted by Gasteiger charge is 2.14. The van der Waals surface area contributed by atoms with Crippen LogP contribution in [0.15, 0.2) is 18.2 Å². The van der Waals surface area contributed by atoms with Crippen molar-refractivity contribution >= 4 is 0 Å². The first-order valence-electron chi connectivity index (χ1n) is 6.92. The molecule has 0 saturated heterocycles. The Bertz CT molecular complexity index is 360. The summed E-state index contributed by atoms with van der Waals surface area (Å²) in [5, 5.41) is 3.30. The molecule has 1 atom stereocenters. The van der Waals surface area contributed by atoms with E-state index >= 15 is 0 Å². The molecule has 0 aliphatic rings. The van der Waals surface area contributed by atoms with Gasteiger partial charge >= 0.3 is 0 Å². The first kappa shape index (κ1) is 15.0. The standard InChI is InChI=1S/C16H27NO/c1-6-14-9-13(7-8-16(14)18-5)10-15(11-17-4)12(2)3/h7-9,12,15,17H,6,10-11H2,1-5H3. The van der Waals surface area contributed by atoms with Gasteiger partial charge in [0.05, 0.1) is 7.11 Å². The van der Waals surface area contributed by atoms with Crippen LogP contribution >= 0.6 is 0 Å². The molecule has 2 nitrogen and oxygen atoms in total. The van der Waals surface area contributed by atoms with E-state index in [1.54, 1.807) is 7.11 Å². The van der Waals surface area contributed by atoms with Crippen LogP contribution in [0, 0.1) is 11.8 Å². The molecule has 102 valence electrons. The van der Waals surface area contributed by atoms with E-state index in [9.17, 15) is 0 Å². The van der Waals surface area contributed by atoms with Gasteiger partial charge in [-0.1, -0.05) is 32.9 Å². The highest BCUT2D eigenvalue weighted by Crippen LogP contribution is 2.23. The molecule has 0 saturated carbocycles. The fourth-order valence-corrected chi connectivity index (χ4v) is 2.34. The number of rotatable bonds is 7. The summed E-state index contributed by atoms with van der Waals surface area (Å²) in [4.78, 5) is 0. The molecule has 0 amide bonds. The van der Waals surface area contributed by atoms with E-state index in [0.717, 1.165) is 25.1 Å². The minimum atomic E-state index is 0.688. The quantitative estimate of drug-likeness (QED) is 0.800.